The van der Waals surface area contributed by atoms with E-state index in [0.29, 0.717) is 23.1 Å². The van der Waals surface area contributed by atoms with Gasteiger partial charge in [0.15, 0.2) is 11.7 Å². The minimum absolute atomic E-state index is 0.0667. The average molecular weight is 294 g/mol. The van der Waals surface area contributed by atoms with Gasteiger partial charge in [0.05, 0.1) is 11.3 Å². The van der Waals surface area contributed by atoms with Crippen molar-refractivity contribution in [3.05, 3.63) is 46.4 Å². The number of nitrogens with zero attached hydrogens (tertiary/aromatic N) is 3. The van der Waals surface area contributed by atoms with E-state index < -0.39 is 5.97 Å². The molecule has 7 heteroatoms. The number of aryl methyl sites for hydroxylation is 2. The Morgan fingerprint density at radius 3 is 2.80 bits per heavy atom. The highest BCUT2D eigenvalue weighted by Gasteiger charge is 2.14. The van der Waals surface area contributed by atoms with Crippen molar-refractivity contribution in [1.82, 2.24) is 9.97 Å². The van der Waals surface area contributed by atoms with Crippen LogP contribution in [0.5, 0.6) is 0 Å². The third-order valence-electron chi connectivity index (χ3n) is 2.48. The Kier molecular flexibility index (Phi) is 4.14. The fourth-order valence-corrected chi connectivity index (χ4v) is 1.80. The molecule has 0 unspecified atom stereocenters. The molecule has 0 aliphatic carbocycles. The Bertz CT molecular complexity index is 679. The number of oxazole rings is 1. The highest BCUT2D eigenvalue weighted by atomic mass is 35.5. The van der Waals surface area contributed by atoms with Gasteiger partial charge in [0.1, 0.15) is 10.9 Å². The molecule has 104 valence electrons. The van der Waals surface area contributed by atoms with Crippen LogP contribution in [0.1, 0.15) is 34.6 Å². The molecule has 0 N–H and O–H groups in total. The zero-order valence-electron chi connectivity index (χ0n) is 11.2. The van der Waals surface area contributed by atoms with Crippen LogP contribution >= 0.6 is 11.6 Å². The fraction of sp³-hybridized carbons (Fsp3) is 0.231. The molecular weight excluding hydrogens is 282 g/mol. The Hall–Kier alpha value is -2.21. The van der Waals surface area contributed by atoms with E-state index in [1.54, 1.807) is 26.8 Å². The van der Waals surface area contributed by atoms with Gasteiger partial charge in [-0.15, -0.1) is 0 Å². The lowest BCUT2D eigenvalue weighted by Crippen LogP contribution is -2.05. The molecule has 0 aromatic carbocycles. The molecule has 0 saturated carbocycles. The van der Waals surface area contributed by atoms with Crippen molar-refractivity contribution in [3.63, 3.8) is 0 Å². The molecule has 2 heterocycles. The first kappa shape index (κ1) is 14.2. The number of halogens is 1. The second-order valence-corrected chi connectivity index (χ2v) is 4.40. The zero-order valence-corrected chi connectivity index (χ0v) is 11.9. The van der Waals surface area contributed by atoms with Gasteiger partial charge in [-0.2, -0.15) is 0 Å². The summed E-state index contributed by atoms with van der Waals surface area (Å²) in [6.07, 6.45) is 1.48. The monoisotopic (exact) mass is 293 g/mol. The summed E-state index contributed by atoms with van der Waals surface area (Å²) >= 11 is 5.79. The van der Waals surface area contributed by atoms with Crippen LogP contribution in [0, 0.1) is 13.8 Å². The van der Waals surface area contributed by atoms with Gasteiger partial charge in [-0.3, -0.25) is 0 Å². The Labute approximate surface area is 120 Å². The maximum absolute atomic E-state index is 11.8. The Morgan fingerprint density at radius 2 is 2.20 bits per heavy atom. The smallest absolute Gasteiger partial charge is 0.368 e. The van der Waals surface area contributed by atoms with Crippen LogP contribution in [-0.4, -0.2) is 21.6 Å². The SMILES string of the molecule is C/C(=N\OC(=O)c1cccnc1Cl)c1oc(C)nc1C. The van der Waals surface area contributed by atoms with Crippen molar-refractivity contribution in [3.8, 4) is 0 Å². The molecule has 0 aliphatic heterocycles. The summed E-state index contributed by atoms with van der Waals surface area (Å²) in [5.74, 6) is 0.317. The number of hydrogen-bond donors (Lipinski definition) is 0. The molecule has 20 heavy (non-hydrogen) atoms. The van der Waals surface area contributed by atoms with E-state index in [9.17, 15) is 4.79 Å². The molecule has 0 radical (unpaired) electrons. The lowest BCUT2D eigenvalue weighted by atomic mass is 10.3. The van der Waals surface area contributed by atoms with Crippen molar-refractivity contribution in [2.24, 2.45) is 5.16 Å². The number of hydrogen-bond acceptors (Lipinski definition) is 6. The van der Waals surface area contributed by atoms with Crippen molar-refractivity contribution in [1.29, 1.82) is 0 Å². The number of aromatic nitrogens is 2. The van der Waals surface area contributed by atoms with Crippen LogP contribution < -0.4 is 0 Å². The predicted octanol–water partition coefficient (Wildman–Crippen LogP) is 2.92. The number of carbonyl (C=O) groups is 1. The van der Waals surface area contributed by atoms with Gasteiger partial charge >= 0.3 is 5.97 Å². The standard InChI is InChI=1S/C13H12ClN3O3/c1-7-11(19-9(3)16-7)8(2)17-20-13(18)10-5-4-6-15-12(10)14/h4-6H,1-3H3/b17-8+. The third-order valence-corrected chi connectivity index (χ3v) is 2.78. The van der Waals surface area contributed by atoms with Crippen LogP contribution in [0.25, 0.3) is 0 Å². The highest BCUT2D eigenvalue weighted by molar-refractivity contribution is 6.32. The van der Waals surface area contributed by atoms with Gasteiger partial charge in [-0.1, -0.05) is 16.8 Å². The number of rotatable bonds is 3. The summed E-state index contributed by atoms with van der Waals surface area (Å²) in [4.78, 5) is 24.5. The minimum atomic E-state index is -0.684. The topological polar surface area (TPSA) is 77.6 Å². The Morgan fingerprint density at radius 1 is 1.45 bits per heavy atom. The molecule has 0 bridgehead atoms. The van der Waals surface area contributed by atoms with Crippen LogP contribution in [0.2, 0.25) is 5.15 Å². The molecule has 0 spiro atoms. The van der Waals surface area contributed by atoms with Crippen LogP contribution in [0.15, 0.2) is 27.9 Å². The number of pyridine rings is 1. The number of oxime groups is 1. The lowest BCUT2D eigenvalue weighted by molar-refractivity contribution is 0.0515. The van der Waals surface area contributed by atoms with Crippen molar-refractivity contribution < 1.29 is 14.0 Å². The third kappa shape index (κ3) is 3.03. The predicted molar refractivity (Wildman–Crippen MR) is 72.9 cm³/mol. The first-order valence-corrected chi connectivity index (χ1v) is 6.17. The van der Waals surface area contributed by atoms with Crippen LogP contribution in [-0.2, 0) is 4.84 Å². The van der Waals surface area contributed by atoms with Crippen molar-refractivity contribution in [2.45, 2.75) is 20.8 Å². The van der Waals surface area contributed by atoms with E-state index in [1.165, 1.54) is 12.3 Å². The second kappa shape index (κ2) is 5.83. The molecule has 6 nitrogen and oxygen atoms in total. The van der Waals surface area contributed by atoms with E-state index in [2.05, 4.69) is 15.1 Å². The van der Waals surface area contributed by atoms with Crippen molar-refractivity contribution >= 4 is 23.3 Å². The summed E-state index contributed by atoms with van der Waals surface area (Å²) in [5.41, 5.74) is 1.24. The summed E-state index contributed by atoms with van der Waals surface area (Å²) in [6, 6.07) is 3.09. The fourth-order valence-electron chi connectivity index (χ4n) is 1.61. The zero-order chi connectivity index (χ0) is 14.7. The first-order valence-electron chi connectivity index (χ1n) is 5.80. The van der Waals surface area contributed by atoms with E-state index in [4.69, 9.17) is 20.9 Å². The van der Waals surface area contributed by atoms with Gasteiger partial charge in [-0.25, -0.2) is 14.8 Å². The van der Waals surface area contributed by atoms with E-state index in [1.807, 2.05) is 0 Å². The molecule has 0 saturated heterocycles. The van der Waals surface area contributed by atoms with Gasteiger partial charge in [0.25, 0.3) is 0 Å². The molecule has 0 amide bonds. The van der Waals surface area contributed by atoms with Gasteiger partial charge in [0.2, 0.25) is 0 Å². The van der Waals surface area contributed by atoms with E-state index in [-0.39, 0.29) is 10.7 Å². The highest BCUT2D eigenvalue weighted by Crippen LogP contribution is 2.14. The van der Waals surface area contributed by atoms with E-state index in [0.717, 1.165) is 0 Å². The van der Waals surface area contributed by atoms with Crippen LogP contribution in [0.4, 0.5) is 0 Å². The van der Waals surface area contributed by atoms with Crippen molar-refractivity contribution in [2.75, 3.05) is 0 Å². The molecule has 2 rings (SSSR count). The normalized spacial score (nSPS) is 11.5. The minimum Gasteiger partial charge on any atom is -0.439 e. The molecule has 2 aromatic heterocycles. The van der Waals surface area contributed by atoms with Gasteiger partial charge in [-0.05, 0) is 26.0 Å². The van der Waals surface area contributed by atoms with Crippen LogP contribution in [0.3, 0.4) is 0 Å². The maximum Gasteiger partial charge on any atom is 0.368 e. The second-order valence-electron chi connectivity index (χ2n) is 4.04. The van der Waals surface area contributed by atoms with Gasteiger partial charge < -0.3 is 9.25 Å². The summed E-state index contributed by atoms with van der Waals surface area (Å²) in [7, 11) is 0. The average Bonchev–Trinajstić information content (AvgIpc) is 2.75. The molecule has 0 atom stereocenters. The van der Waals surface area contributed by atoms with E-state index >= 15 is 0 Å². The largest absolute Gasteiger partial charge is 0.439 e. The lowest BCUT2D eigenvalue weighted by Gasteiger charge is -2.00. The maximum atomic E-state index is 11.8. The Balaban J connectivity index is 2.15. The molecular formula is C13H12ClN3O3. The summed E-state index contributed by atoms with van der Waals surface area (Å²) in [5, 5.41) is 3.80. The molecule has 0 aliphatic rings. The van der Waals surface area contributed by atoms with Gasteiger partial charge in [0, 0.05) is 13.1 Å². The first-order chi connectivity index (χ1) is 9.49. The summed E-state index contributed by atoms with van der Waals surface area (Å²) in [6.45, 7) is 5.17. The quantitative estimate of drug-likeness (QED) is 0.376. The molecule has 2 aromatic rings. The number of carbonyl (C=O) groups excluding carboxylic acids is 1. The summed E-state index contributed by atoms with van der Waals surface area (Å²) < 4.78 is 5.37. The molecule has 0 fully saturated rings.